The average Bonchev–Trinajstić information content (AvgIpc) is 2.50. The van der Waals surface area contributed by atoms with Gasteiger partial charge in [-0.1, -0.05) is 26.0 Å². The van der Waals surface area contributed by atoms with Gasteiger partial charge in [0, 0.05) is 24.8 Å². The minimum atomic E-state index is 0.0168. The Bertz CT molecular complexity index is 471. The fourth-order valence-corrected chi connectivity index (χ4v) is 2.67. The van der Waals surface area contributed by atoms with E-state index in [1.807, 2.05) is 24.1 Å². The number of nitrogens with zero attached hydrogens (tertiary/aromatic N) is 1. The molecule has 4 heteroatoms. The number of hydrogen-bond acceptors (Lipinski definition) is 2. The van der Waals surface area contributed by atoms with Crippen LogP contribution >= 0.6 is 0 Å². The SMILES string of the molecule is CNC(C)c1ccc(NC(=O)N2CCC(C)C(C)C2)cc1. The highest BCUT2D eigenvalue weighted by Gasteiger charge is 2.25. The van der Waals surface area contributed by atoms with Gasteiger partial charge in [0.1, 0.15) is 0 Å². The summed E-state index contributed by atoms with van der Waals surface area (Å²) in [5, 5.41) is 6.20. The van der Waals surface area contributed by atoms with E-state index in [9.17, 15) is 4.79 Å². The van der Waals surface area contributed by atoms with Crippen LogP contribution in [0.4, 0.5) is 10.5 Å². The molecule has 4 nitrogen and oxygen atoms in total. The fraction of sp³-hybridized carbons (Fsp3) is 0.588. The number of carbonyl (C=O) groups is 1. The van der Waals surface area contributed by atoms with Crippen LogP contribution in [-0.2, 0) is 0 Å². The third kappa shape index (κ3) is 3.97. The minimum Gasteiger partial charge on any atom is -0.324 e. The summed E-state index contributed by atoms with van der Waals surface area (Å²) in [5.74, 6) is 1.28. The first kappa shape index (κ1) is 15.8. The third-order valence-corrected chi connectivity index (χ3v) is 4.72. The average molecular weight is 289 g/mol. The summed E-state index contributed by atoms with van der Waals surface area (Å²) in [7, 11) is 1.94. The molecule has 1 aromatic rings. The van der Waals surface area contributed by atoms with Gasteiger partial charge < -0.3 is 15.5 Å². The summed E-state index contributed by atoms with van der Waals surface area (Å²) in [6, 6.07) is 8.38. The molecule has 3 unspecified atom stereocenters. The number of piperidine rings is 1. The summed E-state index contributed by atoms with van der Waals surface area (Å²) < 4.78 is 0. The van der Waals surface area contributed by atoms with Crippen LogP contribution in [0.2, 0.25) is 0 Å². The van der Waals surface area contributed by atoms with Crippen molar-refractivity contribution in [3.63, 3.8) is 0 Å². The van der Waals surface area contributed by atoms with Crippen LogP contribution in [0, 0.1) is 11.8 Å². The second-order valence-electron chi connectivity index (χ2n) is 6.25. The first-order valence-corrected chi connectivity index (χ1v) is 7.84. The van der Waals surface area contributed by atoms with Gasteiger partial charge in [-0.2, -0.15) is 0 Å². The van der Waals surface area contributed by atoms with Gasteiger partial charge in [0.15, 0.2) is 0 Å². The molecule has 1 heterocycles. The van der Waals surface area contributed by atoms with E-state index in [2.05, 4.69) is 43.5 Å². The van der Waals surface area contributed by atoms with Gasteiger partial charge in [0.2, 0.25) is 0 Å². The molecule has 0 spiro atoms. The number of likely N-dealkylation sites (tertiary alicyclic amines) is 1. The van der Waals surface area contributed by atoms with Gasteiger partial charge in [-0.25, -0.2) is 4.79 Å². The first-order chi connectivity index (χ1) is 10.0. The lowest BCUT2D eigenvalue weighted by molar-refractivity contribution is 0.154. The Hall–Kier alpha value is -1.55. The molecule has 3 atom stereocenters. The molecule has 0 radical (unpaired) electrons. The predicted octanol–water partition coefficient (Wildman–Crippen LogP) is 3.48. The smallest absolute Gasteiger partial charge is 0.321 e. The van der Waals surface area contributed by atoms with Crippen molar-refractivity contribution in [2.75, 3.05) is 25.5 Å². The zero-order chi connectivity index (χ0) is 15.4. The Balaban J connectivity index is 1.93. The van der Waals surface area contributed by atoms with Crippen molar-refractivity contribution in [3.05, 3.63) is 29.8 Å². The fourth-order valence-electron chi connectivity index (χ4n) is 2.67. The zero-order valence-corrected chi connectivity index (χ0v) is 13.5. The van der Waals surface area contributed by atoms with Gasteiger partial charge >= 0.3 is 6.03 Å². The Morgan fingerprint density at radius 1 is 1.24 bits per heavy atom. The van der Waals surface area contributed by atoms with Gasteiger partial charge in [0.05, 0.1) is 0 Å². The molecule has 2 rings (SSSR count). The molecule has 21 heavy (non-hydrogen) atoms. The summed E-state index contributed by atoms with van der Waals surface area (Å²) in [6.07, 6.45) is 1.09. The Morgan fingerprint density at radius 3 is 2.48 bits per heavy atom. The summed E-state index contributed by atoms with van der Waals surface area (Å²) in [5.41, 5.74) is 2.08. The van der Waals surface area contributed by atoms with E-state index < -0.39 is 0 Å². The monoisotopic (exact) mass is 289 g/mol. The number of urea groups is 1. The molecule has 1 aromatic carbocycles. The molecule has 0 bridgehead atoms. The predicted molar refractivity (Wildman–Crippen MR) is 87.5 cm³/mol. The van der Waals surface area contributed by atoms with Crippen LogP contribution in [0.5, 0.6) is 0 Å². The number of amides is 2. The number of anilines is 1. The molecule has 1 saturated heterocycles. The maximum Gasteiger partial charge on any atom is 0.321 e. The minimum absolute atomic E-state index is 0.0168. The molecule has 0 saturated carbocycles. The Morgan fingerprint density at radius 2 is 1.90 bits per heavy atom. The maximum atomic E-state index is 12.3. The van der Waals surface area contributed by atoms with Gasteiger partial charge in [-0.05, 0) is 49.9 Å². The molecule has 0 aromatic heterocycles. The molecule has 2 N–H and O–H groups in total. The van der Waals surface area contributed by atoms with Crippen LogP contribution in [0.15, 0.2) is 24.3 Å². The highest BCUT2D eigenvalue weighted by Crippen LogP contribution is 2.23. The van der Waals surface area contributed by atoms with E-state index in [0.717, 1.165) is 25.2 Å². The zero-order valence-electron chi connectivity index (χ0n) is 13.5. The first-order valence-electron chi connectivity index (χ1n) is 7.84. The normalized spacial score (nSPS) is 23.7. The standard InChI is InChI=1S/C17H27N3O/c1-12-9-10-20(11-13(12)2)17(21)19-16-7-5-15(6-8-16)14(3)18-4/h5-8,12-14,18H,9-11H2,1-4H3,(H,19,21). The largest absolute Gasteiger partial charge is 0.324 e. The number of carbonyl (C=O) groups excluding carboxylic acids is 1. The molecule has 2 amide bonds. The molecule has 116 valence electrons. The highest BCUT2D eigenvalue weighted by molar-refractivity contribution is 5.89. The molecule has 0 aliphatic carbocycles. The second kappa shape index (κ2) is 6.94. The van der Waals surface area contributed by atoms with Crippen LogP contribution in [0.25, 0.3) is 0 Å². The summed E-state index contributed by atoms with van der Waals surface area (Å²) in [6.45, 7) is 8.30. The van der Waals surface area contributed by atoms with Crippen LogP contribution in [0.3, 0.4) is 0 Å². The summed E-state index contributed by atoms with van der Waals surface area (Å²) >= 11 is 0. The molecular weight excluding hydrogens is 262 g/mol. The van der Waals surface area contributed by atoms with Crippen molar-refractivity contribution in [1.29, 1.82) is 0 Å². The van der Waals surface area contributed by atoms with E-state index in [-0.39, 0.29) is 6.03 Å². The second-order valence-corrected chi connectivity index (χ2v) is 6.25. The maximum absolute atomic E-state index is 12.3. The van der Waals surface area contributed by atoms with Crippen molar-refractivity contribution in [3.8, 4) is 0 Å². The molecule has 1 fully saturated rings. The van der Waals surface area contributed by atoms with E-state index in [0.29, 0.717) is 17.9 Å². The number of benzene rings is 1. The highest BCUT2D eigenvalue weighted by atomic mass is 16.2. The number of hydrogen-bond donors (Lipinski definition) is 2. The van der Waals surface area contributed by atoms with Crippen molar-refractivity contribution in [1.82, 2.24) is 10.2 Å². The van der Waals surface area contributed by atoms with E-state index in [1.54, 1.807) is 0 Å². The Labute approximate surface area is 127 Å². The van der Waals surface area contributed by atoms with E-state index in [4.69, 9.17) is 0 Å². The van der Waals surface area contributed by atoms with Crippen LogP contribution in [0.1, 0.15) is 38.8 Å². The van der Waals surface area contributed by atoms with Crippen molar-refractivity contribution < 1.29 is 4.79 Å². The lowest BCUT2D eigenvalue weighted by Gasteiger charge is -2.35. The van der Waals surface area contributed by atoms with Crippen LogP contribution < -0.4 is 10.6 Å². The quantitative estimate of drug-likeness (QED) is 0.895. The molecule has 1 aliphatic rings. The van der Waals surface area contributed by atoms with E-state index >= 15 is 0 Å². The van der Waals surface area contributed by atoms with Gasteiger partial charge in [0.25, 0.3) is 0 Å². The van der Waals surface area contributed by atoms with Gasteiger partial charge in [-0.3, -0.25) is 0 Å². The van der Waals surface area contributed by atoms with Crippen molar-refractivity contribution in [2.45, 2.75) is 33.2 Å². The third-order valence-electron chi connectivity index (χ3n) is 4.72. The lowest BCUT2D eigenvalue weighted by atomic mass is 9.89. The number of nitrogens with one attached hydrogen (secondary N) is 2. The molecular formula is C17H27N3O. The number of rotatable bonds is 3. The molecule has 1 aliphatic heterocycles. The van der Waals surface area contributed by atoms with Crippen molar-refractivity contribution in [2.24, 2.45) is 11.8 Å². The van der Waals surface area contributed by atoms with E-state index in [1.165, 1.54) is 5.56 Å². The lowest BCUT2D eigenvalue weighted by Crippen LogP contribution is -2.44. The Kier molecular flexibility index (Phi) is 5.23. The topological polar surface area (TPSA) is 44.4 Å². The van der Waals surface area contributed by atoms with Gasteiger partial charge in [-0.15, -0.1) is 0 Å². The van der Waals surface area contributed by atoms with Crippen molar-refractivity contribution >= 4 is 11.7 Å². The van der Waals surface area contributed by atoms with Crippen LogP contribution in [-0.4, -0.2) is 31.1 Å². The summed E-state index contributed by atoms with van der Waals surface area (Å²) in [4.78, 5) is 14.2.